The third-order valence-corrected chi connectivity index (χ3v) is 7.04. The van der Waals surface area contributed by atoms with Crippen molar-refractivity contribution >= 4 is 22.1 Å². The molecule has 138 valence electrons. The molecule has 2 fully saturated rings. The van der Waals surface area contributed by atoms with Gasteiger partial charge in [-0.15, -0.1) is 0 Å². The first kappa shape index (κ1) is 26.0. The molecule has 0 aromatic heterocycles. The molecule has 2 aliphatic rings. The van der Waals surface area contributed by atoms with Gasteiger partial charge in [-0.05, 0) is 37.5 Å². The smallest absolute Gasteiger partial charge is 0.549 e. The predicted octanol–water partition coefficient (Wildman–Crippen LogP) is -6.10. The van der Waals surface area contributed by atoms with Crippen molar-refractivity contribution in [3.63, 3.8) is 0 Å². The van der Waals surface area contributed by atoms with E-state index in [-0.39, 0.29) is 37.7 Å². The summed E-state index contributed by atoms with van der Waals surface area (Å²) in [5.74, 6) is -5.04. The van der Waals surface area contributed by atoms with E-state index in [1.54, 1.807) is 0 Å². The van der Waals surface area contributed by atoms with Crippen LogP contribution < -0.4 is 47.9 Å². The van der Waals surface area contributed by atoms with Crippen LogP contribution in [0.25, 0.3) is 0 Å². The van der Waals surface area contributed by atoms with Gasteiger partial charge < -0.3 is 19.8 Å². The number of rotatable bonds is 6. The van der Waals surface area contributed by atoms with Gasteiger partial charge in [-0.1, -0.05) is 38.5 Å². The first-order valence-electron chi connectivity index (χ1n) is 8.61. The molecular formula is C16H24Li2O7S. The number of carbonyl (C=O) groups is 2. The van der Waals surface area contributed by atoms with Crippen molar-refractivity contribution in [2.45, 2.75) is 69.5 Å². The molecule has 10 heteroatoms. The van der Waals surface area contributed by atoms with Gasteiger partial charge in [0.2, 0.25) is 0 Å². The summed E-state index contributed by atoms with van der Waals surface area (Å²) in [5, 5.41) is 21.4. The molecule has 0 bridgehead atoms. The molecule has 0 heterocycles. The van der Waals surface area contributed by atoms with Crippen LogP contribution in [0.5, 0.6) is 0 Å². The zero-order valence-corrected chi connectivity index (χ0v) is 16.4. The van der Waals surface area contributed by atoms with Gasteiger partial charge in [-0.25, -0.2) is 0 Å². The average molecular weight is 374 g/mol. The van der Waals surface area contributed by atoms with Gasteiger partial charge in [0.1, 0.15) is 5.25 Å². The Balaban J connectivity index is 0.00000312. The first-order valence-corrected chi connectivity index (χ1v) is 10.1. The van der Waals surface area contributed by atoms with Crippen LogP contribution in [0.4, 0.5) is 0 Å². The quantitative estimate of drug-likeness (QED) is 0.361. The van der Waals surface area contributed by atoms with E-state index >= 15 is 0 Å². The summed E-state index contributed by atoms with van der Waals surface area (Å²) in [7, 11) is -5.15. The summed E-state index contributed by atoms with van der Waals surface area (Å²) in [6.07, 6.45) is 6.30. The first-order chi connectivity index (χ1) is 11.2. The fraction of sp³-hybridized carbons (Fsp3) is 0.875. The molecule has 0 saturated heterocycles. The van der Waals surface area contributed by atoms with Crippen molar-refractivity contribution < 1.29 is 70.5 Å². The summed E-state index contributed by atoms with van der Waals surface area (Å²) in [4.78, 5) is 23.9. The molecule has 1 atom stereocenters. The topological polar surface area (TPSA) is 135 Å². The Morgan fingerprint density at radius 2 is 1.19 bits per heavy atom. The number of hydrogen-bond acceptors (Lipinski definition) is 6. The molecule has 1 unspecified atom stereocenters. The number of aliphatic carboxylic acids is 2. The van der Waals surface area contributed by atoms with Crippen LogP contribution in [0.15, 0.2) is 0 Å². The Bertz CT molecular complexity index is 563. The van der Waals surface area contributed by atoms with Crippen LogP contribution in [0, 0.1) is 17.3 Å². The molecular weight excluding hydrogens is 350 g/mol. The van der Waals surface area contributed by atoms with E-state index in [9.17, 15) is 32.8 Å². The third-order valence-electron chi connectivity index (χ3n) is 5.86. The minimum atomic E-state index is -5.15. The molecule has 26 heavy (non-hydrogen) atoms. The molecule has 1 N–H and O–H groups in total. The molecule has 0 aromatic carbocycles. The van der Waals surface area contributed by atoms with Crippen LogP contribution in [0.2, 0.25) is 0 Å². The maximum atomic E-state index is 12.2. The van der Waals surface area contributed by atoms with Gasteiger partial charge in [0.05, 0.1) is 5.97 Å². The van der Waals surface area contributed by atoms with E-state index in [0.717, 1.165) is 12.8 Å². The number of carboxylic acid groups (broad SMARTS) is 2. The SMILES string of the molecule is O=C([O-])C(C(C(=O)[O-])(C1CCCCC1)C1CCCCC1)S(=O)(=O)O.[Li+].[Li+]. The third kappa shape index (κ3) is 5.10. The van der Waals surface area contributed by atoms with Gasteiger partial charge in [0.25, 0.3) is 10.1 Å². The molecule has 0 aliphatic heterocycles. The van der Waals surface area contributed by atoms with Crippen molar-refractivity contribution in [1.29, 1.82) is 0 Å². The molecule has 2 aliphatic carbocycles. The predicted molar refractivity (Wildman–Crippen MR) is 80.9 cm³/mol. The van der Waals surface area contributed by atoms with Crippen molar-refractivity contribution in [2.75, 3.05) is 0 Å². The molecule has 2 rings (SSSR count). The molecule has 0 aromatic rings. The van der Waals surface area contributed by atoms with Gasteiger partial charge in [0.15, 0.2) is 0 Å². The number of carbonyl (C=O) groups excluding carboxylic acids is 2. The molecule has 0 spiro atoms. The van der Waals surface area contributed by atoms with Gasteiger partial charge in [0, 0.05) is 11.4 Å². The van der Waals surface area contributed by atoms with E-state index in [1.807, 2.05) is 0 Å². The minimum absolute atomic E-state index is 0. The van der Waals surface area contributed by atoms with Crippen molar-refractivity contribution in [1.82, 2.24) is 0 Å². The summed E-state index contributed by atoms with van der Waals surface area (Å²) < 4.78 is 33.3. The van der Waals surface area contributed by atoms with E-state index in [2.05, 4.69) is 0 Å². The van der Waals surface area contributed by atoms with Crippen molar-refractivity contribution in [3.8, 4) is 0 Å². The maximum absolute atomic E-state index is 12.2. The van der Waals surface area contributed by atoms with Crippen LogP contribution >= 0.6 is 0 Å². The summed E-state index contributed by atoms with van der Waals surface area (Å²) in [6.45, 7) is 0. The maximum Gasteiger partial charge on any atom is 1.00 e. The van der Waals surface area contributed by atoms with E-state index in [4.69, 9.17) is 0 Å². The van der Waals surface area contributed by atoms with Crippen LogP contribution in [-0.2, 0) is 19.7 Å². The molecule has 7 nitrogen and oxygen atoms in total. The average Bonchev–Trinajstić information content (AvgIpc) is 2.52. The second kappa shape index (κ2) is 10.6. The van der Waals surface area contributed by atoms with Gasteiger partial charge in [-0.3, -0.25) is 4.55 Å². The van der Waals surface area contributed by atoms with Gasteiger partial charge in [-0.2, -0.15) is 8.42 Å². The zero-order valence-electron chi connectivity index (χ0n) is 15.6. The van der Waals surface area contributed by atoms with E-state index in [1.165, 1.54) is 0 Å². The number of carboxylic acids is 2. The normalized spacial score (nSPS) is 21.1. The molecule has 0 radical (unpaired) electrons. The Morgan fingerprint density at radius 3 is 1.42 bits per heavy atom. The Kier molecular flexibility index (Phi) is 10.6. The minimum Gasteiger partial charge on any atom is -0.549 e. The monoisotopic (exact) mass is 374 g/mol. The largest absolute Gasteiger partial charge is 1.00 e. The summed E-state index contributed by atoms with van der Waals surface area (Å²) in [5.41, 5.74) is -2.13. The van der Waals surface area contributed by atoms with Crippen LogP contribution in [-0.4, -0.2) is 30.2 Å². The fourth-order valence-corrected chi connectivity index (χ4v) is 6.14. The fourth-order valence-electron chi connectivity index (χ4n) is 4.93. The molecule has 0 amide bonds. The standard InChI is InChI=1S/C16H26O7S.2Li/c17-14(18)13(24(21,22)23)16(15(19)20,11-7-3-1-4-8-11)12-9-5-2-6-10-12;;/h11-13H,1-10H2,(H,17,18)(H,19,20)(H,21,22,23);;/q;2*+1/p-2. The van der Waals surface area contributed by atoms with Crippen LogP contribution in [0.1, 0.15) is 64.2 Å². The van der Waals surface area contributed by atoms with E-state index < -0.39 is 44.6 Å². The summed E-state index contributed by atoms with van der Waals surface area (Å²) in [6, 6.07) is 0. The Hall–Kier alpha value is 0.0448. The zero-order chi connectivity index (χ0) is 18.0. The Morgan fingerprint density at radius 1 is 0.846 bits per heavy atom. The van der Waals surface area contributed by atoms with Crippen LogP contribution in [0.3, 0.4) is 0 Å². The van der Waals surface area contributed by atoms with Crippen molar-refractivity contribution in [3.05, 3.63) is 0 Å². The second-order valence-corrected chi connectivity index (χ2v) is 8.61. The molecule has 2 saturated carbocycles. The Labute approximate surface area is 178 Å². The summed E-state index contributed by atoms with van der Waals surface area (Å²) >= 11 is 0. The van der Waals surface area contributed by atoms with E-state index in [0.29, 0.717) is 51.4 Å². The van der Waals surface area contributed by atoms with Gasteiger partial charge >= 0.3 is 37.7 Å². The van der Waals surface area contributed by atoms with Crippen molar-refractivity contribution in [2.24, 2.45) is 17.3 Å². The second-order valence-electron chi connectivity index (χ2n) is 7.10. The number of hydrogen-bond donors (Lipinski definition) is 1.